The van der Waals surface area contributed by atoms with E-state index in [-0.39, 0.29) is 17.8 Å². The van der Waals surface area contributed by atoms with Gasteiger partial charge in [-0.05, 0) is 54.8 Å². The normalized spacial score (nSPS) is 15.5. The van der Waals surface area contributed by atoms with Crippen LogP contribution in [0.15, 0.2) is 66.9 Å². The lowest BCUT2D eigenvalue weighted by Gasteiger charge is -2.23. The third kappa shape index (κ3) is 3.53. The van der Waals surface area contributed by atoms with Crippen LogP contribution in [0.2, 0.25) is 0 Å². The van der Waals surface area contributed by atoms with Crippen LogP contribution in [0, 0.1) is 5.82 Å². The molecule has 0 fully saturated rings. The lowest BCUT2D eigenvalue weighted by molar-refractivity contribution is 0.0981. The molecule has 27 heavy (non-hydrogen) atoms. The maximum absolute atomic E-state index is 13.1. The van der Waals surface area contributed by atoms with Gasteiger partial charge in [-0.25, -0.2) is 9.37 Å². The van der Waals surface area contributed by atoms with E-state index in [1.165, 1.54) is 17.7 Å². The van der Waals surface area contributed by atoms with E-state index in [0.29, 0.717) is 17.9 Å². The number of nitrogens with one attached hydrogen (secondary N) is 1. The van der Waals surface area contributed by atoms with Crippen molar-refractivity contribution in [3.63, 3.8) is 0 Å². The Morgan fingerprint density at radius 3 is 2.78 bits per heavy atom. The standard InChI is InChI=1S/C22H20FN3O/c1-15-12-17-4-2-3-5-20(17)26(15)22(27)18-10-11-24-21(13-18)25-14-16-6-8-19(23)9-7-16/h2-11,13,15H,12,14H2,1H3,(H,24,25). The van der Waals surface area contributed by atoms with Gasteiger partial charge in [0.1, 0.15) is 11.6 Å². The molecule has 0 radical (unpaired) electrons. The van der Waals surface area contributed by atoms with E-state index in [9.17, 15) is 9.18 Å². The molecule has 1 N–H and O–H groups in total. The van der Waals surface area contributed by atoms with Gasteiger partial charge in [0.25, 0.3) is 5.91 Å². The first-order valence-corrected chi connectivity index (χ1v) is 8.97. The van der Waals surface area contributed by atoms with Crippen LogP contribution in [-0.2, 0) is 13.0 Å². The van der Waals surface area contributed by atoms with Crippen LogP contribution >= 0.6 is 0 Å². The average Bonchev–Trinajstić information content (AvgIpc) is 3.03. The van der Waals surface area contributed by atoms with Crippen LogP contribution in [0.1, 0.15) is 28.4 Å². The Balaban J connectivity index is 1.52. The quantitative estimate of drug-likeness (QED) is 0.748. The second-order valence-corrected chi connectivity index (χ2v) is 6.77. The van der Waals surface area contributed by atoms with Crippen LogP contribution in [0.4, 0.5) is 15.9 Å². The third-order valence-corrected chi connectivity index (χ3v) is 4.82. The number of amides is 1. The highest BCUT2D eigenvalue weighted by Crippen LogP contribution is 2.33. The number of hydrogen-bond donors (Lipinski definition) is 1. The van der Waals surface area contributed by atoms with Gasteiger partial charge in [0.05, 0.1) is 0 Å². The van der Waals surface area contributed by atoms with Crippen LogP contribution in [0.5, 0.6) is 0 Å². The topological polar surface area (TPSA) is 45.2 Å². The molecule has 1 aliphatic heterocycles. The smallest absolute Gasteiger partial charge is 0.258 e. The maximum Gasteiger partial charge on any atom is 0.258 e. The summed E-state index contributed by atoms with van der Waals surface area (Å²) in [6, 6.07) is 17.9. The van der Waals surface area contributed by atoms with Crippen LogP contribution in [0.25, 0.3) is 0 Å². The molecule has 0 saturated heterocycles. The zero-order valence-corrected chi connectivity index (χ0v) is 15.0. The molecular formula is C22H20FN3O. The first-order valence-electron chi connectivity index (χ1n) is 8.97. The predicted octanol–water partition coefficient (Wildman–Crippen LogP) is 4.42. The fourth-order valence-electron chi connectivity index (χ4n) is 3.47. The zero-order valence-electron chi connectivity index (χ0n) is 15.0. The van der Waals surface area contributed by atoms with Crippen molar-refractivity contribution in [3.8, 4) is 0 Å². The van der Waals surface area contributed by atoms with E-state index < -0.39 is 0 Å². The van der Waals surface area contributed by atoms with E-state index in [1.807, 2.05) is 23.1 Å². The molecule has 1 aliphatic rings. The Bertz CT molecular complexity index is 971. The van der Waals surface area contributed by atoms with E-state index >= 15 is 0 Å². The largest absolute Gasteiger partial charge is 0.366 e. The lowest BCUT2D eigenvalue weighted by Crippen LogP contribution is -2.35. The van der Waals surface area contributed by atoms with Gasteiger partial charge in [-0.15, -0.1) is 0 Å². The molecule has 4 rings (SSSR count). The number of rotatable bonds is 4. The molecule has 0 bridgehead atoms. The summed E-state index contributed by atoms with van der Waals surface area (Å²) in [4.78, 5) is 19.3. The second-order valence-electron chi connectivity index (χ2n) is 6.77. The summed E-state index contributed by atoms with van der Waals surface area (Å²) in [7, 11) is 0. The molecule has 2 aromatic carbocycles. The summed E-state index contributed by atoms with van der Waals surface area (Å²) in [5.74, 6) is 0.328. The number of anilines is 2. The maximum atomic E-state index is 13.1. The fraction of sp³-hybridized carbons (Fsp3) is 0.182. The van der Waals surface area contributed by atoms with E-state index in [0.717, 1.165) is 17.7 Å². The molecule has 0 spiro atoms. The Hall–Kier alpha value is -3.21. The minimum Gasteiger partial charge on any atom is -0.366 e. The molecule has 2 heterocycles. The highest BCUT2D eigenvalue weighted by atomic mass is 19.1. The minimum atomic E-state index is -0.260. The van der Waals surface area contributed by atoms with Crippen molar-refractivity contribution < 1.29 is 9.18 Å². The van der Waals surface area contributed by atoms with Crippen LogP contribution < -0.4 is 10.2 Å². The summed E-state index contributed by atoms with van der Waals surface area (Å²) in [5, 5.41) is 3.19. The van der Waals surface area contributed by atoms with Crippen molar-refractivity contribution in [1.82, 2.24) is 4.98 Å². The third-order valence-electron chi connectivity index (χ3n) is 4.82. The monoisotopic (exact) mass is 361 g/mol. The number of aromatic nitrogens is 1. The molecule has 0 aliphatic carbocycles. The van der Waals surface area contributed by atoms with Crippen LogP contribution in [-0.4, -0.2) is 16.9 Å². The Labute approximate surface area is 157 Å². The number of hydrogen-bond acceptors (Lipinski definition) is 3. The van der Waals surface area contributed by atoms with Gasteiger partial charge in [0, 0.05) is 30.0 Å². The summed E-state index contributed by atoms with van der Waals surface area (Å²) < 4.78 is 13.0. The van der Waals surface area contributed by atoms with Crippen molar-refractivity contribution >= 4 is 17.4 Å². The van der Waals surface area contributed by atoms with E-state index in [1.54, 1.807) is 30.5 Å². The van der Waals surface area contributed by atoms with Gasteiger partial charge in [0.2, 0.25) is 0 Å². The first kappa shape index (κ1) is 17.2. The number of carbonyl (C=O) groups is 1. The molecule has 3 aromatic rings. The highest BCUT2D eigenvalue weighted by molar-refractivity contribution is 6.08. The molecular weight excluding hydrogens is 341 g/mol. The number of carbonyl (C=O) groups excluding carboxylic acids is 1. The molecule has 1 unspecified atom stereocenters. The summed E-state index contributed by atoms with van der Waals surface area (Å²) in [6.07, 6.45) is 2.50. The number of halogens is 1. The highest BCUT2D eigenvalue weighted by Gasteiger charge is 2.31. The van der Waals surface area contributed by atoms with Gasteiger partial charge in [-0.2, -0.15) is 0 Å². The number of nitrogens with zero attached hydrogens (tertiary/aromatic N) is 2. The minimum absolute atomic E-state index is 0.0281. The molecule has 136 valence electrons. The number of benzene rings is 2. The van der Waals surface area contributed by atoms with Crippen molar-refractivity contribution in [1.29, 1.82) is 0 Å². The SMILES string of the molecule is CC1Cc2ccccc2N1C(=O)c1ccnc(NCc2ccc(F)cc2)c1. The molecule has 4 nitrogen and oxygen atoms in total. The van der Waals surface area contributed by atoms with Gasteiger partial charge in [-0.1, -0.05) is 30.3 Å². The summed E-state index contributed by atoms with van der Waals surface area (Å²) in [5.41, 5.74) is 3.71. The Morgan fingerprint density at radius 2 is 1.96 bits per heavy atom. The molecule has 1 amide bonds. The number of pyridine rings is 1. The summed E-state index contributed by atoms with van der Waals surface area (Å²) in [6.45, 7) is 2.57. The second kappa shape index (κ2) is 7.19. The lowest BCUT2D eigenvalue weighted by atomic mass is 10.1. The van der Waals surface area contributed by atoms with E-state index in [4.69, 9.17) is 0 Å². The number of para-hydroxylation sites is 1. The first-order chi connectivity index (χ1) is 13.1. The molecule has 1 aromatic heterocycles. The molecule has 1 atom stereocenters. The Morgan fingerprint density at radius 1 is 1.19 bits per heavy atom. The summed E-state index contributed by atoms with van der Waals surface area (Å²) >= 11 is 0. The Kier molecular flexibility index (Phi) is 4.59. The zero-order chi connectivity index (χ0) is 18.8. The van der Waals surface area contributed by atoms with Gasteiger partial charge >= 0.3 is 0 Å². The average molecular weight is 361 g/mol. The molecule has 5 heteroatoms. The van der Waals surface area contributed by atoms with Gasteiger partial charge < -0.3 is 10.2 Å². The van der Waals surface area contributed by atoms with Gasteiger partial charge in [0.15, 0.2) is 0 Å². The van der Waals surface area contributed by atoms with Crippen molar-refractivity contribution in [3.05, 3.63) is 89.4 Å². The van der Waals surface area contributed by atoms with E-state index in [2.05, 4.69) is 23.3 Å². The van der Waals surface area contributed by atoms with Crippen molar-refractivity contribution in [2.45, 2.75) is 25.9 Å². The van der Waals surface area contributed by atoms with Gasteiger partial charge in [-0.3, -0.25) is 4.79 Å². The number of fused-ring (bicyclic) bond motifs is 1. The predicted molar refractivity (Wildman–Crippen MR) is 104 cm³/mol. The van der Waals surface area contributed by atoms with Crippen molar-refractivity contribution in [2.24, 2.45) is 0 Å². The molecule has 0 saturated carbocycles. The van der Waals surface area contributed by atoms with Crippen molar-refractivity contribution in [2.75, 3.05) is 10.2 Å². The fourth-order valence-corrected chi connectivity index (χ4v) is 3.47. The van der Waals surface area contributed by atoms with Crippen LogP contribution in [0.3, 0.4) is 0 Å².